The summed E-state index contributed by atoms with van der Waals surface area (Å²) < 4.78 is 1.86. The molecular weight excluding hydrogens is 194 g/mol. The van der Waals surface area contributed by atoms with Gasteiger partial charge in [-0.2, -0.15) is 16.9 Å². The molecule has 1 aromatic heterocycles. The van der Waals surface area contributed by atoms with Crippen molar-refractivity contribution in [1.82, 2.24) is 14.8 Å². The summed E-state index contributed by atoms with van der Waals surface area (Å²) in [5.41, 5.74) is 0. The zero-order chi connectivity index (χ0) is 8.81. The van der Waals surface area contributed by atoms with Crippen molar-refractivity contribution in [3.63, 3.8) is 0 Å². The van der Waals surface area contributed by atoms with Gasteiger partial charge in [-0.05, 0) is 18.4 Å². The van der Waals surface area contributed by atoms with Crippen LogP contribution in [0.4, 0.5) is 0 Å². The molecule has 0 saturated carbocycles. The summed E-state index contributed by atoms with van der Waals surface area (Å²) in [5, 5.41) is 4.07. The molecule has 12 heavy (non-hydrogen) atoms. The highest BCUT2D eigenvalue weighted by Crippen LogP contribution is 2.02. The van der Waals surface area contributed by atoms with Crippen LogP contribution in [0.5, 0.6) is 0 Å². The second-order valence-corrected chi connectivity index (χ2v) is 3.63. The maximum absolute atomic E-state index is 5.66. The third-order valence-corrected chi connectivity index (χ3v) is 2.47. The Labute approximate surface area is 81.5 Å². The predicted octanol–water partition coefficient (Wildman–Crippen LogP) is 1.77. The van der Waals surface area contributed by atoms with Crippen molar-refractivity contribution < 1.29 is 0 Å². The number of rotatable bonds is 5. The van der Waals surface area contributed by atoms with E-state index in [4.69, 9.17) is 11.6 Å². The third-order valence-electron chi connectivity index (χ3n) is 1.53. The second-order valence-electron chi connectivity index (χ2n) is 2.38. The van der Waals surface area contributed by atoms with Gasteiger partial charge in [0, 0.05) is 6.54 Å². The molecule has 0 fully saturated rings. The van der Waals surface area contributed by atoms with E-state index in [0.717, 1.165) is 24.5 Å². The fourth-order valence-corrected chi connectivity index (χ4v) is 1.56. The van der Waals surface area contributed by atoms with Crippen molar-refractivity contribution in [3.05, 3.63) is 12.2 Å². The van der Waals surface area contributed by atoms with E-state index in [1.165, 1.54) is 0 Å². The van der Waals surface area contributed by atoms with Gasteiger partial charge in [-0.1, -0.05) is 0 Å². The highest BCUT2D eigenvalue weighted by atomic mass is 35.5. The molecule has 0 amide bonds. The predicted molar refractivity (Wildman–Crippen MR) is 52.6 cm³/mol. The van der Waals surface area contributed by atoms with Gasteiger partial charge in [0.1, 0.15) is 12.2 Å². The van der Waals surface area contributed by atoms with Gasteiger partial charge in [0.15, 0.2) is 0 Å². The molecule has 0 spiro atoms. The summed E-state index contributed by atoms with van der Waals surface area (Å²) in [4.78, 5) is 4.03. The number of aryl methyl sites for hydroxylation is 1. The number of hydrogen-bond acceptors (Lipinski definition) is 3. The first-order valence-electron chi connectivity index (χ1n) is 3.80. The fourth-order valence-electron chi connectivity index (χ4n) is 0.937. The first-order valence-corrected chi connectivity index (χ1v) is 5.73. The van der Waals surface area contributed by atoms with Crippen LogP contribution >= 0.6 is 23.4 Å². The molecule has 1 heterocycles. The minimum Gasteiger partial charge on any atom is -0.249 e. The van der Waals surface area contributed by atoms with Crippen molar-refractivity contribution in [3.8, 4) is 0 Å². The number of alkyl halides is 1. The summed E-state index contributed by atoms with van der Waals surface area (Å²) in [5.74, 6) is 2.46. The average Bonchev–Trinajstić information content (AvgIpc) is 2.52. The Kier molecular flexibility index (Phi) is 4.46. The van der Waals surface area contributed by atoms with Crippen LogP contribution in [0.1, 0.15) is 12.2 Å². The fraction of sp³-hybridized carbons (Fsp3) is 0.714. The van der Waals surface area contributed by atoms with Crippen molar-refractivity contribution in [2.75, 3.05) is 12.0 Å². The molecule has 0 saturated heterocycles. The second kappa shape index (κ2) is 5.43. The molecule has 0 atom stereocenters. The first kappa shape index (κ1) is 9.86. The summed E-state index contributed by atoms with van der Waals surface area (Å²) >= 11 is 7.50. The van der Waals surface area contributed by atoms with Gasteiger partial charge in [0.2, 0.25) is 0 Å². The van der Waals surface area contributed by atoms with Crippen molar-refractivity contribution in [2.45, 2.75) is 18.8 Å². The smallest absolute Gasteiger partial charge is 0.141 e. The Bertz CT molecular complexity index is 226. The van der Waals surface area contributed by atoms with Crippen LogP contribution in [0.15, 0.2) is 6.33 Å². The van der Waals surface area contributed by atoms with Gasteiger partial charge < -0.3 is 0 Å². The molecule has 5 heteroatoms. The number of hydrogen-bond donors (Lipinski definition) is 0. The minimum atomic E-state index is 0.444. The standard InChI is InChI=1S/C7H12ClN3S/c1-12-4-2-3-11-7(5-8)9-6-10-11/h6H,2-5H2,1H3. The minimum absolute atomic E-state index is 0.444. The van der Waals surface area contributed by atoms with Gasteiger partial charge in [0.25, 0.3) is 0 Å². The molecular formula is C7H12ClN3S. The lowest BCUT2D eigenvalue weighted by molar-refractivity contribution is 0.584. The Morgan fingerprint density at radius 1 is 1.67 bits per heavy atom. The molecule has 1 rings (SSSR count). The van der Waals surface area contributed by atoms with Gasteiger partial charge in [-0.3, -0.25) is 0 Å². The van der Waals surface area contributed by atoms with E-state index >= 15 is 0 Å². The monoisotopic (exact) mass is 205 g/mol. The number of halogens is 1. The van der Waals surface area contributed by atoms with E-state index in [0.29, 0.717) is 5.88 Å². The van der Waals surface area contributed by atoms with E-state index in [-0.39, 0.29) is 0 Å². The normalized spacial score (nSPS) is 10.5. The first-order chi connectivity index (χ1) is 5.88. The van der Waals surface area contributed by atoms with E-state index in [1.807, 2.05) is 16.4 Å². The quantitative estimate of drug-likeness (QED) is 0.542. The SMILES string of the molecule is CSCCCn1ncnc1CCl. The van der Waals surface area contributed by atoms with Crippen molar-refractivity contribution in [1.29, 1.82) is 0 Å². The van der Waals surface area contributed by atoms with Crippen LogP contribution in [0.2, 0.25) is 0 Å². The molecule has 0 aromatic carbocycles. The third kappa shape index (κ3) is 2.68. The van der Waals surface area contributed by atoms with Crippen molar-refractivity contribution >= 4 is 23.4 Å². The van der Waals surface area contributed by atoms with E-state index < -0.39 is 0 Å². The summed E-state index contributed by atoms with van der Waals surface area (Å²) in [6.07, 6.45) is 4.77. The Hall–Kier alpha value is -0.220. The zero-order valence-electron chi connectivity index (χ0n) is 7.03. The number of nitrogens with zero attached hydrogens (tertiary/aromatic N) is 3. The number of aromatic nitrogens is 3. The molecule has 68 valence electrons. The molecule has 0 radical (unpaired) electrons. The Morgan fingerprint density at radius 3 is 3.17 bits per heavy atom. The zero-order valence-corrected chi connectivity index (χ0v) is 8.61. The lowest BCUT2D eigenvalue weighted by Gasteiger charge is -2.01. The van der Waals surface area contributed by atoms with Gasteiger partial charge >= 0.3 is 0 Å². The largest absolute Gasteiger partial charge is 0.249 e. The maximum Gasteiger partial charge on any atom is 0.141 e. The van der Waals surface area contributed by atoms with E-state index in [1.54, 1.807) is 6.33 Å². The maximum atomic E-state index is 5.66. The highest BCUT2D eigenvalue weighted by molar-refractivity contribution is 7.98. The molecule has 0 aliphatic carbocycles. The lowest BCUT2D eigenvalue weighted by Crippen LogP contribution is -2.05. The van der Waals surface area contributed by atoms with Gasteiger partial charge in [0.05, 0.1) is 5.88 Å². The number of thioether (sulfide) groups is 1. The summed E-state index contributed by atoms with van der Waals surface area (Å²) in [6, 6.07) is 0. The topological polar surface area (TPSA) is 30.7 Å². The molecule has 0 bridgehead atoms. The molecule has 0 N–H and O–H groups in total. The van der Waals surface area contributed by atoms with Crippen LogP contribution in [-0.2, 0) is 12.4 Å². The van der Waals surface area contributed by atoms with E-state index in [9.17, 15) is 0 Å². The molecule has 0 aliphatic heterocycles. The molecule has 0 unspecified atom stereocenters. The molecule has 0 aliphatic rings. The lowest BCUT2D eigenvalue weighted by atomic mass is 10.5. The van der Waals surface area contributed by atoms with Crippen LogP contribution in [0.3, 0.4) is 0 Å². The van der Waals surface area contributed by atoms with Crippen LogP contribution in [-0.4, -0.2) is 26.8 Å². The van der Waals surface area contributed by atoms with Crippen LogP contribution in [0, 0.1) is 0 Å². The summed E-state index contributed by atoms with van der Waals surface area (Å²) in [6.45, 7) is 0.920. The Balaban J connectivity index is 2.39. The van der Waals surface area contributed by atoms with E-state index in [2.05, 4.69) is 16.3 Å². The van der Waals surface area contributed by atoms with Crippen molar-refractivity contribution in [2.24, 2.45) is 0 Å². The Morgan fingerprint density at radius 2 is 2.50 bits per heavy atom. The molecule has 1 aromatic rings. The van der Waals surface area contributed by atoms with Crippen LogP contribution in [0.25, 0.3) is 0 Å². The summed E-state index contributed by atoms with van der Waals surface area (Å²) in [7, 11) is 0. The van der Waals surface area contributed by atoms with Crippen LogP contribution < -0.4 is 0 Å². The molecule has 3 nitrogen and oxygen atoms in total. The average molecular weight is 206 g/mol. The van der Waals surface area contributed by atoms with Gasteiger partial charge in [-0.25, -0.2) is 9.67 Å². The van der Waals surface area contributed by atoms with Gasteiger partial charge in [-0.15, -0.1) is 11.6 Å². The highest BCUT2D eigenvalue weighted by Gasteiger charge is 2.00.